The van der Waals surface area contributed by atoms with E-state index in [0.717, 1.165) is 6.07 Å². The molecule has 0 spiro atoms. The summed E-state index contributed by atoms with van der Waals surface area (Å²) >= 11 is 3.07. The molecule has 2 N–H and O–H groups in total. The molecule has 0 saturated carbocycles. The number of amides is 1. The van der Waals surface area contributed by atoms with Crippen LogP contribution in [0.3, 0.4) is 0 Å². The molecule has 0 heterocycles. The maximum atomic E-state index is 12.8. The Labute approximate surface area is 87.5 Å². The fraction of sp³-hybridized carbons (Fsp3) is 0. The minimum Gasteiger partial charge on any atom is -0.411 e. The lowest BCUT2D eigenvalue weighted by atomic mass is 10.3. The maximum Gasteiger partial charge on any atom is 0.270 e. The zero-order valence-corrected chi connectivity index (χ0v) is 8.45. The molecule has 0 aromatic heterocycles. The summed E-state index contributed by atoms with van der Waals surface area (Å²) in [6, 6.07) is 3.93. The molecule has 4 nitrogen and oxygen atoms in total. The molecule has 1 amide bonds. The van der Waals surface area contributed by atoms with Gasteiger partial charge in [0.05, 0.1) is 0 Å². The Bertz CT molecular complexity index is 361. The van der Waals surface area contributed by atoms with Gasteiger partial charge in [0.25, 0.3) is 5.91 Å². The number of rotatable bonds is 2. The molecule has 0 bridgehead atoms. The van der Waals surface area contributed by atoms with Gasteiger partial charge in [0.15, 0.2) is 0 Å². The lowest BCUT2D eigenvalue weighted by molar-refractivity contribution is -0.110. The quantitative estimate of drug-likeness (QED) is 0.485. The van der Waals surface area contributed by atoms with Gasteiger partial charge in [0, 0.05) is 10.2 Å². The van der Waals surface area contributed by atoms with Gasteiger partial charge in [-0.2, -0.15) is 0 Å². The summed E-state index contributed by atoms with van der Waals surface area (Å²) in [7, 11) is 0. The van der Waals surface area contributed by atoms with Crippen molar-refractivity contribution in [3.63, 3.8) is 0 Å². The van der Waals surface area contributed by atoms with Gasteiger partial charge in [-0.05, 0) is 18.2 Å². The van der Waals surface area contributed by atoms with Crippen LogP contribution in [0.5, 0.6) is 0 Å². The SMILES string of the molecule is O=C(/C=N/O)Nc1cc(F)cc(Br)c1. The molecule has 0 aliphatic carbocycles. The predicted octanol–water partition coefficient (Wildman–Crippen LogP) is 1.99. The van der Waals surface area contributed by atoms with Crippen LogP contribution in [-0.2, 0) is 4.79 Å². The van der Waals surface area contributed by atoms with Crippen LogP contribution in [0.1, 0.15) is 0 Å². The van der Waals surface area contributed by atoms with Crippen molar-refractivity contribution in [1.29, 1.82) is 0 Å². The standard InChI is InChI=1S/C8H6BrFN2O2/c9-5-1-6(10)3-7(2-5)12-8(13)4-11-14/h1-4,14H,(H,12,13)/b11-4+. The van der Waals surface area contributed by atoms with Crippen LogP contribution in [-0.4, -0.2) is 17.3 Å². The number of carbonyl (C=O) groups excluding carboxylic acids is 1. The van der Waals surface area contributed by atoms with Crippen molar-refractivity contribution in [2.24, 2.45) is 5.16 Å². The Balaban J connectivity index is 2.81. The minimum absolute atomic E-state index is 0.279. The number of nitrogens with zero attached hydrogens (tertiary/aromatic N) is 1. The van der Waals surface area contributed by atoms with E-state index in [4.69, 9.17) is 5.21 Å². The number of hydrogen-bond donors (Lipinski definition) is 2. The van der Waals surface area contributed by atoms with Crippen LogP contribution >= 0.6 is 15.9 Å². The van der Waals surface area contributed by atoms with E-state index < -0.39 is 11.7 Å². The third kappa shape index (κ3) is 3.14. The van der Waals surface area contributed by atoms with E-state index >= 15 is 0 Å². The van der Waals surface area contributed by atoms with Crippen molar-refractivity contribution >= 4 is 33.7 Å². The highest BCUT2D eigenvalue weighted by Crippen LogP contribution is 2.18. The fourth-order valence-corrected chi connectivity index (χ4v) is 1.32. The molecule has 0 unspecified atom stereocenters. The summed E-state index contributed by atoms with van der Waals surface area (Å²) in [5, 5.41) is 12.9. The number of oxime groups is 1. The largest absolute Gasteiger partial charge is 0.411 e. The minimum atomic E-state index is -0.634. The first-order valence-corrected chi connectivity index (χ1v) is 4.35. The van der Waals surface area contributed by atoms with Crippen LogP contribution in [0.4, 0.5) is 10.1 Å². The van der Waals surface area contributed by atoms with Crippen molar-refractivity contribution in [2.45, 2.75) is 0 Å². The molecule has 6 heteroatoms. The normalized spacial score (nSPS) is 10.4. The van der Waals surface area contributed by atoms with Gasteiger partial charge in [-0.1, -0.05) is 21.1 Å². The highest BCUT2D eigenvalue weighted by molar-refractivity contribution is 9.10. The van der Waals surface area contributed by atoms with Gasteiger partial charge >= 0.3 is 0 Å². The first-order valence-electron chi connectivity index (χ1n) is 3.56. The molecule has 0 fully saturated rings. The molecule has 0 saturated heterocycles. The fourth-order valence-electron chi connectivity index (χ4n) is 0.853. The second kappa shape index (κ2) is 4.71. The highest BCUT2D eigenvalue weighted by atomic mass is 79.9. The van der Waals surface area contributed by atoms with E-state index in [2.05, 4.69) is 26.4 Å². The van der Waals surface area contributed by atoms with Crippen molar-refractivity contribution in [1.82, 2.24) is 0 Å². The smallest absolute Gasteiger partial charge is 0.270 e. The summed E-state index contributed by atoms with van der Waals surface area (Å²) in [5.41, 5.74) is 0.279. The zero-order valence-electron chi connectivity index (χ0n) is 6.87. The third-order valence-electron chi connectivity index (χ3n) is 1.31. The van der Waals surface area contributed by atoms with Gasteiger partial charge < -0.3 is 10.5 Å². The number of hydrogen-bond acceptors (Lipinski definition) is 3. The molecule has 1 aromatic carbocycles. The van der Waals surface area contributed by atoms with Gasteiger partial charge in [0.2, 0.25) is 0 Å². The monoisotopic (exact) mass is 260 g/mol. The van der Waals surface area contributed by atoms with Crippen LogP contribution in [0.25, 0.3) is 0 Å². The Morgan fingerprint density at radius 1 is 1.57 bits per heavy atom. The second-order valence-corrected chi connectivity index (χ2v) is 3.31. The maximum absolute atomic E-state index is 12.8. The van der Waals surface area contributed by atoms with Crippen LogP contribution in [0.15, 0.2) is 27.8 Å². The Kier molecular flexibility index (Phi) is 3.58. The first-order chi connectivity index (χ1) is 6.61. The molecule has 74 valence electrons. The van der Waals surface area contributed by atoms with Crippen LogP contribution < -0.4 is 5.32 Å². The number of carbonyl (C=O) groups is 1. The summed E-state index contributed by atoms with van der Waals surface area (Å²) in [5.74, 6) is -1.11. The van der Waals surface area contributed by atoms with Crippen molar-refractivity contribution in [2.75, 3.05) is 5.32 Å². The van der Waals surface area contributed by atoms with Crippen molar-refractivity contribution in [3.05, 3.63) is 28.5 Å². The summed E-state index contributed by atoms with van der Waals surface area (Å²) in [6.07, 6.45) is 0.679. The van der Waals surface area contributed by atoms with E-state index in [9.17, 15) is 9.18 Å². The molecule has 1 rings (SSSR count). The Morgan fingerprint density at radius 3 is 2.86 bits per heavy atom. The van der Waals surface area contributed by atoms with Gasteiger partial charge in [-0.25, -0.2) is 4.39 Å². The topological polar surface area (TPSA) is 61.7 Å². The van der Waals surface area contributed by atoms with Crippen molar-refractivity contribution < 1.29 is 14.4 Å². The molecule has 0 radical (unpaired) electrons. The number of benzene rings is 1. The third-order valence-corrected chi connectivity index (χ3v) is 1.76. The summed E-state index contributed by atoms with van der Waals surface area (Å²) in [6.45, 7) is 0. The Hall–Kier alpha value is -1.43. The van der Waals surface area contributed by atoms with E-state index in [1.807, 2.05) is 0 Å². The van der Waals surface area contributed by atoms with Gasteiger partial charge in [-0.15, -0.1) is 0 Å². The predicted molar refractivity (Wildman–Crippen MR) is 53.0 cm³/mol. The second-order valence-electron chi connectivity index (χ2n) is 2.39. The van der Waals surface area contributed by atoms with Crippen LogP contribution in [0.2, 0.25) is 0 Å². The average Bonchev–Trinajstić information content (AvgIpc) is 2.01. The van der Waals surface area contributed by atoms with Crippen molar-refractivity contribution in [3.8, 4) is 0 Å². The summed E-state index contributed by atoms with van der Waals surface area (Å²) in [4.78, 5) is 10.9. The summed E-state index contributed by atoms with van der Waals surface area (Å²) < 4.78 is 13.3. The number of anilines is 1. The lowest BCUT2D eigenvalue weighted by Gasteiger charge is -2.02. The Morgan fingerprint density at radius 2 is 2.29 bits per heavy atom. The molecular formula is C8H6BrFN2O2. The van der Waals surface area contributed by atoms with E-state index in [1.54, 1.807) is 0 Å². The number of nitrogens with one attached hydrogen (secondary N) is 1. The van der Waals surface area contributed by atoms with Gasteiger partial charge in [0.1, 0.15) is 12.0 Å². The molecule has 0 aliphatic rings. The van der Waals surface area contributed by atoms with Gasteiger partial charge in [-0.3, -0.25) is 4.79 Å². The van der Waals surface area contributed by atoms with E-state index in [1.165, 1.54) is 12.1 Å². The number of halogens is 2. The highest BCUT2D eigenvalue weighted by Gasteiger charge is 2.01. The molecular weight excluding hydrogens is 255 g/mol. The molecule has 0 aliphatic heterocycles. The molecule has 14 heavy (non-hydrogen) atoms. The lowest BCUT2D eigenvalue weighted by Crippen LogP contribution is -2.12. The molecule has 1 aromatic rings. The zero-order chi connectivity index (χ0) is 10.6. The van der Waals surface area contributed by atoms with E-state index in [0.29, 0.717) is 10.7 Å². The van der Waals surface area contributed by atoms with Crippen LogP contribution in [0, 0.1) is 5.82 Å². The average molecular weight is 261 g/mol. The first kappa shape index (κ1) is 10.6. The molecule has 0 atom stereocenters. The van der Waals surface area contributed by atoms with E-state index in [-0.39, 0.29) is 5.69 Å².